The maximum Gasteiger partial charge on any atom is 0.314 e. The van der Waals surface area contributed by atoms with Gasteiger partial charge in [0.15, 0.2) is 0 Å². The summed E-state index contributed by atoms with van der Waals surface area (Å²) in [4.78, 5) is 19.9. The molecule has 1 aromatic heterocycles. The number of fused-ring (bicyclic) bond motifs is 2. The van der Waals surface area contributed by atoms with E-state index in [9.17, 15) is 4.79 Å². The number of carbonyl (C=O) groups excluding carboxylic acids is 1. The molecule has 39 heavy (non-hydrogen) atoms. The van der Waals surface area contributed by atoms with Gasteiger partial charge in [0.1, 0.15) is 24.0 Å². The average molecular weight is 532 g/mol. The number of pyridine rings is 1. The first kappa shape index (κ1) is 25.8. The summed E-state index contributed by atoms with van der Waals surface area (Å²) in [5.41, 5.74) is 4.37. The molecular weight excluding hydrogens is 497 g/mol. The zero-order valence-electron chi connectivity index (χ0n) is 22.6. The molecule has 0 spiro atoms. The van der Waals surface area contributed by atoms with Crippen molar-refractivity contribution in [3.05, 3.63) is 76.6 Å². The minimum atomic E-state index is -0.533. The van der Waals surface area contributed by atoms with Crippen molar-refractivity contribution in [3.63, 3.8) is 0 Å². The highest BCUT2D eigenvalue weighted by Crippen LogP contribution is 2.62. The molecule has 1 saturated carbocycles. The van der Waals surface area contributed by atoms with Crippen molar-refractivity contribution < 1.29 is 23.4 Å². The Bertz CT molecular complexity index is 1410. The molecule has 1 aliphatic carbocycles. The number of benzene rings is 2. The van der Waals surface area contributed by atoms with Gasteiger partial charge in [0.25, 0.3) is 0 Å². The van der Waals surface area contributed by atoms with Gasteiger partial charge in [-0.15, -0.1) is 0 Å². The van der Waals surface area contributed by atoms with Gasteiger partial charge in [-0.1, -0.05) is 30.3 Å². The van der Waals surface area contributed by atoms with E-state index in [1.807, 2.05) is 55.5 Å². The Morgan fingerprint density at radius 1 is 1.18 bits per heavy atom. The van der Waals surface area contributed by atoms with Crippen molar-refractivity contribution in [2.75, 3.05) is 38.8 Å². The van der Waals surface area contributed by atoms with Crippen LogP contribution in [0.3, 0.4) is 0 Å². The smallest absolute Gasteiger partial charge is 0.314 e. The van der Waals surface area contributed by atoms with Crippen LogP contribution in [0.4, 0.5) is 10.2 Å². The predicted octanol–water partition coefficient (Wildman–Crippen LogP) is 4.44. The summed E-state index contributed by atoms with van der Waals surface area (Å²) in [6.07, 6.45) is 1.50. The topological polar surface area (TPSA) is 72.9 Å². The number of nitrogens with one attached hydrogen (secondary N) is 1. The second-order valence-corrected chi connectivity index (χ2v) is 10.8. The second kappa shape index (κ2) is 10.2. The Kier molecular flexibility index (Phi) is 6.77. The van der Waals surface area contributed by atoms with E-state index in [4.69, 9.17) is 19.2 Å². The number of anilines is 1. The van der Waals surface area contributed by atoms with Crippen molar-refractivity contribution in [3.8, 4) is 17.0 Å². The van der Waals surface area contributed by atoms with Gasteiger partial charge in [0.2, 0.25) is 0 Å². The van der Waals surface area contributed by atoms with Gasteiger partial charge < -0.3 is 24.4 Å². The molecule has 3 aliphatic rings. The van der Waals surface area contributed by atoms with Crippen LogP contribution in [-0.2, 0) is 33.8 Å². The van der Waals surface area contributed by atoms with Crippen LogP contribution in [0.5, 0.6) is 5.75 Å². The maximum absolute atomic E-state index is 15.3. The number of nitrogens with zero attached hydrogens (tertiary/aromatic N) is 2. The molecule has 2 aromatic carbocycles. The van der Waals surface area contributed by atoms with E-state index in [1.165, 1.54) is 7.11 Å². The number of aromatic nitrogens is 1. The summed E-state index contributed by atoms with van der Waals surface area (Å²) in [6, 6.07) is 15.5. The van der Waals surface area contributed by atoms with Gasteiger partial charge >= 0.3 is 5.97 Å². The molecule has 8 heteroatoms. The van der Waals surface area contributed by atoms with Crippen LogP contribution < -0.4 is 15.0 Å². The summed E-state index contributed by atoms with van der Waals surface area (Å²) in [7, 11) is 3.10. The molecule has 2 fully saturated rings. The van der Waals surface area contributed by atoms with Gasteiger partial charge in [-0.05, 0) is 67.1 Å². The number of rotatable bonds is 8. The number of ether oxygens (including phenoxy) is 3. The van der Waals surface area contributed by atoms with E-state index < -0.39 is 5.41 Å². The Balaban J connectivity index is 1.28. The molecule has 2 aliphatic heterocycles. The van der Waals surface area contributed by atoms with Gasteiger partial charge in [0.05, 0.1) is 30.9 Å². The minimum Gasteiger partial charge on any atom is -0.488 e. The SMILES string of the molecule is COC[C@H]1N(c2cccc(-c3cccc(C)c3OCc3ccc4c(c3F)CCNC4)n2)C[C@@H]2C[C@@]21C(=O)OC. The molecule has 0 radical (unpaired) electrons. The van der Waals surface area contributed by atoms with Gasteiger partial charge in [-0.25, -0.2) is 9.37 Å². The van der Waals surface area contributed by atoms with E-state index >= 15 is 4.39 Å². The Morgan fingerprint density at radius 3 is 2.85 bits per heavy atom. The summed E-state index contributed by atoms with van der Waals surface area (Å²) in [6.45, 7) is 4.74. The van der Waals surface area contributed by atoms with Crippen LogP contribution in [0.1, 0.15) is 28.7 Å². The molecule has 1 N–H and O–H groups in total. The van der Waals surface area contributed by atoms with Gasteiger partial charge in [-0.3, -0.25) is 4.79 Å². The van der Waals surface area contributed by atoms with Crippen LogP contribution in [0.2, 0.25) is 0 Å². The van der Waals surface area contributed by atoms with Gasteiger partial charge in [-0.2, -0.15) is 0 Å². The third-order valence-corrected chi connectivity index (χ3v) is 8.61. The molecule has 1 saturated heterocycles. The fourth-order valence-electron chi connectivity index (χ4n) is 6.48. The number of carbonyl (C=O) groups is 1. The summed E-state index contributed by atoms with van der Waals surface area (Å²) in [5, 5.41) is 3.29. The van der Waals surface area contributed by atoms with Crippen LogP contribution in [0.25, 0.3) is 11.3 Å². The monoisotopic (exact) mass is 531 g/mol. The first-order valence-corrected chi connectivity index (χ1v) is 13.5. The van der Waals surface area contributed by atoms with Gasteiger partial charge in [0, 0.05) is 31.3 Å². The zero-order valence-corrected chi connectivity index (χ0v) is 22.6. The zero-order chi connectivity index (χ0) is 27.1. The van der Waals surface area contributed by atoms with E-state index in [1.54, 1.807) is 7.11 Å². The molecular formula is C31H34FN3O4. The fraction of sp³-hybridized carbons (Fsp3) is 0.419. The fourth-order valence-corrected chi connectivity index (χ4v) is 6.48. The number of methoxy groups -OCH3 is 2. The second-order valence-electron chi connectivity index (χ2n) is 10.8. The lowest BCUT2D eigenvalue weighted by Gasteiger charge is -2.31. The summed E-state index contributed by atoms with van der Waals surface area (Å²) in [5.74, 6) is 1.36. The number of para-hydroxylation sites is 1. The van der Waals surface area contributed by atoms with Crippen LogP contribution in [-0.4, -0.2) is 50.9 Å². The number of hydrogen-bond acceptors (Lipinski definition) is 7. The van der Waals surface area contributed by atoms with Crippen molar-refractivity contribution in [1.82, 2.24) is 10.3 Å². The first-order valence-electron chi connectivity index (χ1n) is 13.5. The Labute approximate surface area is 228 Å². The van der Waals surface area contributed by atoms with Crippen molar-refractivity contribution in [2.24, 2.45) is 11.3 Å². The van der Waals surface area contributed by atoms with E-state index in [0.29, 0.717) is 30.9 Å². The molecule has 3 heterocycles. The molecule has 204 valence electrons. The van der Waals surface area contributed by atoms with Crippen molar-refractivity contribution >= 4 is 11.8 Å². The maximum atomic E-state index is 15.3. The molecule has 3 aromatic rings. The largest absolute Gasteiger partial charge is 0.488 e. The molecule has 0 unspecified atom stereocenters. The molecule has 3 atom stereocenters. The number of esters is 1. The lowest BCUT2D eigenvalue weighted by Crippen LogP contribution is -2.44. The number of piperidine rings is 1. The lowest BCUT2D eigenvalue weighted by atomic mass is 9.96. The third kappa shape index (κ3) is 4.36. The van der Waals surface area contributed by atoms with E-state index in [0.717, 1.165) is 53.3 Å². The standard InChI is InChI=1S/C31H34FN3O4/c1-19-6-4-7-24(29(19)39-17-21-11-10-20-15-33-13-12-23(20)28(21)32)25-8-5-9-27(34-25)35-16-22-14-31(22,30(36)38-3)26(35)18-37-2/h4-11,22,26,33H,12-18H2,1-3H3/t22-,26+,31+/m0/s1. The predicted molar refractivity (Wildman–Crippen MR) is 146 cm³/mol. The van der Waals surface area contributed by atoms with E-state index in [2.05, 4.69) is 10.2 Å². The number of aryl methyl sites for hydroxylation is 1. The van der Waals surface area contributed by atoms with Crippen molar-refractivity contribution in [1.29, 1.82) is 0 Å². The Hall–Kier alpha value is -3.49. The quantitative estimate of drug-likeness (QED) is 0.431. The average Bonchev–Trinajstić information content (AvgIpc) is 3.61. The van der Waals surface area contributed by atoms with E-state index in [-0.39, 0.29) is 30.4 Å². The van der Waals surface area contributed by atoms with Crippen LogP contribution in [0, 0.1) is 24.1 Å². The summed E-state index contributed by atoms with van der Waals surface area (Å²) < 4.78 is 32.3. The highest BCUT2D eigenvalue weighted by atomic mass is 19.1. The first-order chi connectivity index (χ1) is 19.0. The van der Waals surface area contributed by atoms with Crippen LogP contribution in [0.15, 0.2) is 48.5 Å². The number of halogens is 1. The number of hydrogen-bond donors (Lipinski definition) is 1. The normalized spacial score (nSPS) is 23.2. The van der Waals surface area contributed by atoms with Crippen LogP contribution >= 0.6 is 0 Å². The minimum absolute atomic E-state index is 0.134. The lowest BCUT2D eigenvalue weighted by molar-refractivity contribution is -0.148. The summed E-state index contributed by atoms with van der Waals surface area (Å²) >= 11 is 0. The van der Waals surface area contributed by atoms with Crippen molar-refractivity contribution in [2.45, 2.75) is 39.0 Å². The highest BCUT2D eigenvalue weighted by Gasteiger charge is 2.71. The molecule has 7 nitrogen and oxygen atoms in total. The molecule has 6 rings (SSSR count). The molecule has 0 bridgehead atoms. The molecule has 0 amide bonds. The third-order valence-electron chi connectivity index (χ3n) is 8.61. The Morgan fingerprint density at radius 2 is 2.03 bits per heavy atom. The highest BCUT2D eigenvalue weighted by molar-refractivity contribution is 5.84.